The smallest absolute Gasteiger partial charge is 0.0529 e. The number of nitrogens with zero attached hydrogens (tertiary/aromatic N) is 2. The Kier molecular flexibility index (Phi) is 4.09. The monoisotopic (exact) mass is 330 g/mol. The van der Waals surface area contributed by atoms with Crippen molar-refractivity contribution in [2.24, 2.45) is 0 Å². The van der Waals surface area contributed by atoms with Crippen molar-refractivity contribution < 1.29 is 0 Å². The van der Waals surface area contributed by atoms with Gasteiger partial charge < -0.3 is 4.57 Å². The number of rotatable bonds is 4. The van der Waals surface area contributed by atoms with Crippen molar-refractivity contribution in [2.75, 3.05) is 0 Å². The van der Waals surface area contributed by atoms with E-state index in [4.69, 9.17) is 0 Å². The molecule has 0 N–H and O–H groups in total. The average molecular weight is 330 g/mol. The third-order valence-electron chi connectivity index (χ3n) is 4.16. The molecule has 0 aliphatic heterocycles. The SMILES string of the molecule is CCc1cnccc1-n1ccc2cc(Sc3ccccc3)ccc21. The molecule has 0 amide bonds. The van der Waals surface area contributed by atoms with Crippen LogP contribution in [0.5, 0.6) is 0 Å². The molecule has 0 saturated heterocycles. The van der Waals surface area contributed by atoms with Crippen LogP contribution in [0.25, 0.3) is 16.6 Å². The molecule has 0 bridgehead atoms. The highest BCUT2D eigenvalue weighted by Crippen LogP contribution is 2.31. The summed E-state index contributed by atoms with van der Waals surface area (Å²) in [5, 5.41) is 1.26. The summed E-state index contributed by atoms with van der Waals surface area (Å²) < 4.78 is 2.26. The lowest BCUT2D eigenvalue weighted by molar-refractivity contribution is 1.02. The number of hydrogen-bond donors (Lipinski definition) is 0. The first kappa shape index (κ1) is 15.0. The van der Waals surface area contributed by atoms with Gasteiger partial charge in [0.15, 0.2) is 0 Å². The fourth-order valence-electron chi connectivity index (χ4n) is 2.95. The first-order valence-corrected chi connectivity index (χ1v) is 8.94. The Morgan fingerprint density at radius 1 is 0.958 bits per heavy atom. The third-order valence-corrected chi connectivity index (χ3v) is 5.16. The molecular formula is C21H18N2S. The Hall–Kier alpha value is -2.52. The highest BCUT2D eigenvalue weighted by Gasteiger charge is 2.08. The summed E-state index contributed by atoms with van der Waals surface area (Å²) in [5.41, 5.74) is 3.71. The molecule has 0 aliphatic rings. The van der Waals surface area contributed by atoms with E-state index in [1.54, 1.807) is 11.8 Å². The van der Waals surface area contributed by atoms with Crippen molar-refractivity contribution in [1.29, 1.82) is 0 Å². The lowest BCUT2D eigenvalue weighted by Crippen LogP contribution is -1.98. The second kappa shape index (κ2) is 6.54. The van der Waals surface area contributed by atoms with Gasteiger partial charge in [-0.1, -0.05) is 36.9 Å². The first-order valence-electron chi connectivity index (χ1n) is 8.12. The van der Waals surface area contributed by atoms with Gasteiger partial charge in [-0.2, -0.15) is 0 Å². The van der Waals surface area contributed by atoms with E-state index in [1.165, 1.54) is 31.9 Å². The predicted molar refractivity (Wildman–Crippen MR) is 101 cm³/mol. The van der Waals surface area contributed by atoms with Gasteiger partial charge in [-0.25, -0.2) is 0 Å². The molecule has 2 heterocycles. The number of hydrogen-bond acceptors (Lipinski definition) is 2. The third kappa shape index (κ3) is 2.83. The molecule has 2 nitrogen and oxygen atoms in total. The Morgan fingerprint density at radius 3 is 2.67 bits per heavy atom. The fraction of sp³-hybridized carbons (Fsp3) is 0.0952. The maximum Gasteiger partial charge on any atom is 0.0529 e. The summed E-state index contributed by atoms with van der Waals surface area (Å²) in [6.07, 6.45) is 6.95. The fourth-order valence-corrected chi connectivity index (χ4v) is 3.83. The van der Waals surface area contributed by atoms with Crippen LogP contribution in [0.2, 0.25) is 0 Å². The number of aryl methyl sites for hydroxylation is 1. The summed E-state index contributed by atoms with van der Waals surface area (Å²) in [6.45, 7) is 2.17. The van der Waals surface area contributed by atoms with Gasteiger partial charge in [0.1, 0.15) is 0 Å². The number of benzene rings is 2. The molecule has 0 aliphatic carbocycles. The summed E-state index contributed by atoms with van der Waals surface area (Å²) >= 11 is 1.80. The molecule has 0 spiro atoms. The molecule has 0 fully saturated rings. The van der Waals surface area contributed by atoms with E-state index >= 15 is 0 Å². The normalized spacial score (nSPS) is 11.0. The second-order valence-corrected chi connectivity index (χ2v) is 6.83. The van der Waals surface area contributed by atoms with E-state index in [0.717, 1.165) is 6.42 Å². The largest absolute Gasteiger partial charge is 0.316 e. The van der Waals surface area contributed by atoms with Gasteiger partial charge in [-0.05, 0) is 54.4 Å². The standard InChI is InChI=1S/C21H18N2S/c1-2-16-15-22-12-10-21(16)23-13-11-17-14-19(8-9-20(17)23)24-18-6-4-3-5-7-18/h3-15H,2H2,1H3. The van der Waals surface area contributed by atoms with E-state index in [9.17, 15) is 0 Å². The summed E-state index contributed by atoms with van der Waals surface area (Å²) in [6, 6.07) is 21.4. The molecule has 0 saturated carbocycles. The molecule has 118 valence electrons. The first-order chi connectivity index (χ1) is 11.8. The van der Waals surface area contributed by atoms with Crippen LogP contribution in [0, 0.1) is 0 Å². The molecule has 2 aromatic heterocycles. The Morgan fingerprint density at radius 2 is 1.83 bits per heavy atom. The van der Waals surface area contributed by atoms with Crippen LogP contribution in [0.1, 0.15) is 12.5 Å². The molecule has 4 rings (SSSR count). The molecule has 2 aromatic carbocycles. The van der Waals surface area contributed by atoms with E-state index < -0.39 is 0 Å². The van der Waals surface area contributed by atoms with Gasteiger partial charge in [0.25, 0.3) is 0 Å². The molecular weight excluding hydrogens is 312 g/mol. The van der Waals surface area contributed by atoms with E-state index in [2.05, 4.69) is 77.3 Å². The van der Waals surface area contributed by atoms with Crippen molar-refractivity contribution in [1.82, 2.24) is 9.55 Å². The Balaban J connectivity index is 1.73. The van der Waals surface area contributed by atoms with Crippen LogP contribution < -0.4 is 0 Å². The van der Waals surface area contributed by atoms with Crippen molar-refractivity contribution in [3.63, 3.8) is 0 Å². The maximum absolute atomic E-state index is 4.25. The minimum absolute atomic E-state index is 0.977. The highest BCUT2D eigenvalue weighted by molar-refractivity contribution is 7.99. The van der Waals surface area contributed by atoms with Crippen LogP contribution in [-0.4, -0.2) is 9.55 Å². The molecule has 24 heavy (non-hydrogen) atoms. The van der Waals surface area contributed by atoms with Crippen molar-refractivity contribution in [2.45, 2.75) is 23.1 Å². The van der Waals surface area contributed by atoms with Crippen LogP contribution in [-0.2, 0) is 6.42 Å². The molecule has 3 heteroatoms. The van der Waals surface area contributed by atoms with E-state index in [-0.39, 0.29) is 0 Å². The lowest BCUT2D eigenvalue weighted by atomic mass is 10.2. The number of aromatic nitrogens is 2. The zero-order valence-electron chi connectivity index (χ0n) is 13.5. The van der Waals surface area contributed by atoms with Gasteiger partial charge in [-0.15, -0.1) is 0 Å². The minimum Gasteiger partial charge on any atom is -0.316 e. The highest BCUT2D eigenvalue weighted by atomic mass is 32.2. The van der Waals surface area contributed by atoms with Gasteiger partial charge in [0.2, 0.25) is 0 Å². The number of fused-ring (bicyclic) bond motifs is 1. The van der Waals surface area contributed by atoms with Gasteiger partial charge in [-0.3, -0.25) is 4.98 Å². The molecule has 0 unspecified atom stereocenters. The topological polar surface area (TPSA) is 17.8 Å². The second-order valence-electron chi connectivity index (χ2n) is 5.68. The van der Waals surface area contributed by atoms with Gasteiger partial charge in [0.05, 0.1) is 11.2 Å². The summed E-state index contributed by atoms with van der Waals surface area (Å²) in [5.74, 6) is 0. The summed E-state index contributed by atoms with van der Waals surface area (Å²) in [4.78, 5) is 6.77. The Labute approximate surface area is 146 Å². The van der Waals surface area contributed by atoms with Crippen LogP contribution >= 0.6 is 11.8 Å². The van der Waals surface area contributed by atoms with Crippen LogP contribution in [0.15, 0.2) is 89.0 Å². The van der Waals surface area contributed by atoms with Crippen LogP contribution in [0.4, 0.5) is 0 Å². The minimum atomic E-state index is 0.977. The van der Waals surface area contributed by atoms with E-state index in [1.807, 2.05) is 18.5 Å². The molecule has 0 atom stereocenters. The molecule has 0 radical (unpaired) electrons. The number of pyridine rings is 1. The van der Waals surface area contributed by atoms with Crippen molar-refractivity contribution in [3.8, 4) is 5.69 Å². The lowest BCUT2D eigenvalue weighted by Gasteiger charge is -2.10. The zero-order valence-corrected chi connectivity index (χ0v) is 14.3. The predicted octanol–water partition coefficient (Wildman–Crippen LogP) is 5.74. The van der Waals surface area contributed by atoms with Crippen LogP contribution in [0.3, 0.4) is 0 Å². The average Bonchev–Trinajstić information content (AvgIpc) is 3.05. The van der Waals surface area contributed by atoms with Crippen molar-refractivity contribution >= 4 is 22.7 Å². The quantitative estimate of drug-likeness (QED) is 0.475. The van der Waals surface area contributed by atoms with Crippen molar-refractivity contribution in [3.05, 3.63) is 84.8 Å². The Bertz CT molecular complexity index is 973. The zero-order chi connectivity index (χ0) is 16.4. The van der Waals surface area contributed by atoms with Gasteiger partial charge >= 0.3 is 0 Å². The maximum atomic E-state index is 4.25. The van der Waals surface area contributed by atoms with Gasteiger partial charge in [0, 0.05) is 33.8 Å². The summed E-state index contributed by atoms with van der Waals surface area (Å²) in [7, 11) is 0. The van der Waals surface area contributed by atoms with E-state index in [0.29, 0.717) is 0 Å². The molecule has 4 aromatic rings.